The first-order valence-electron chi connectivity index (χ1n) is 6.95. The quantitative estimate of drug-likeness (QED) is 0.534. The SMILES string of the molecule is C1CCC2C(C1)CCCC1CCCC12. The molecule has 0 aliphatic heterocycles. The minimum Gasteiger partial charge on any atom is -0.0530 e. The Bertz CT molecular complexity index is 196. The molecule has 3 fully saturated rings. The van der Waals surface area contributed by atoms with E-state index in [0.717, 1.165) is 11.8 Å². The van der Waals surface area contributed by atoms with E-state index >= 15 is 0 Å². The third kappa shape index (κ3) is 1.51. The average molecular weight is 192 g/mol. The summed E-state index contributed by atoms with van der Waals surface area (Å²) in [6, 6.07) is 0. The maximum Gasteiger partial charge on any atom is -0.0355 e. The van der Waals surface area contributed by atoms with E-state index in [1.165, 1.54) is 11.8 Å². The van der Waals surface area contributed by atoms with Crippen molar-refractivity contribution in [3.8, 4) is 0 Å². The first kappa shape index (κ1) is 9.24. The zero-order valence-corrected chi connectivity index (χ0v) is 9.38. The molecule has 0 saturated heterocycles. The number of fused-ring (bicyclic) bond motifs is 3. The van der Waals surface area contributed by atoms with Crippen LogP contribution in [0.4, 0.5) is 0 Å². The van der Waals surface area contributed by atoms with Crippen molar-refractivity contribution in [1.82, 2.24) is 0 Å². The first-order chi connectivity index (χ1) is 6.95. The fourth-order valence-electron chi connectivity index (χ4n) is 4.79. The van der Waals surface area contributed by atoms with Gasteiger partial charge in [0.25, 0.3) is 0 Å². The van der Waals surface area contributed by atoms with Gasteiger partial charge in [-0.1, -0.05) is 51.4 Å². The summed E-state index contributed by atoms with van der Waals surface area (Å²) < 4.78 is 0. The normalized spacial score (nSPS) is 48.0. The molecule has 0 heteroatoms. The van der Waals surface area contributed by atoms with Crippen LogP contribution in [0, 0.1) is 23.7 Å². The molecule has 0 radical (unpaired) electrons. The van der Waals surface area contributed by atoms with Gasteiger partial charge in [-0.2, -0.15) is 0 Å². The second-order valence-corrected chi connectivity index (χ2v) is 5.99. The molecule has 4 unspecified atom stereocenters. The van der Waals surface area contributed by atoms with Crippen LogP contribution in [0.3, 0.4) is 0 Å². The van der Waals surface area contributed by atoms with Gasteiger partial charge in [-0.15, -0.1) is 0 Å². The fourth-order valence-corrected chi connectivity index (χ4v) is 4.79. The van der Waals surface area contributed by atoms with Crippen LogP contribution in [0.2, 0.25) is 0 Å². The van der Waals surface area contributed by atoms with E-state index in [4.69, 9.17) is 0 Å². The molecule has 3 saturated carbocycles. The van der Waals surface area contributed by atoms with E-state index in [1.807, 2.05) is 0 Å². The predicted octanol–water partition coefficient (Wildman–Crippen LogP) is 4.39. The lowest BCUT2D eigenvalue weighted by atomic mass is 9.70. The van der Waals surface area contributed by atoms with Crippen molar-refractivity contribution in [2.24, 2.45) is 23.7 Å². The Morgan fingerprint density at radius 3 is 1.57 bits per heavy atom. The summed E-state index contributed by atoms with van der Waals surface area (Å²) in [5.74, 6) is 4.64. The topological polar surface area (TPSA) is 0 Å². The third-order valence-corrected chi connectivity index (χ3v) is 5.39. The highest BCUT2D eigenvalue weighted by Gasteiger charge is 2.40. The molecule has 0 aromatic heterocycles. The van der Waals surface area contributed by atoms with Gasteiger partial charge in [0, 0.05) is 0 Å². The molecule has 0 spiro atoms. The highest BCUT2D eigenvalue weighted by molar-refractivity contribution is 4.90. The Labute approximate surface area is 88.5 Å². The smallest absolute Gasteiger partial charge is 0.0355 e. The molecule has 0 aromatic carbocycles. The van der Waals surface area contributed by atoms with Gasteiger partial charge < -0.3 is 0 Å². The minimum atomic E-state index is 1.15. The van der Waals surface area contributed by atoms with E-state index in [0.29, 0.717) is 0 Å². The summed E-state index contributed by atoms with van der Waals surface area (Å²) in [5, 5.41) is 0. The van der Waals surface area contributed by atoms with Crippen LogP contribution in [0.15, 0.2) is 0 Å². The first-order valence-corrected chi connectivity index (χ1v) is 6.95. The Morgan fingerprint density at radius 1 is 0.429 bits per heavy atom. The molecule has 0 heterocycles. The van der Waals surface area contributed by atoms with Crippen molar-refractivity contribution in [1.29, 1.82) is 0 Å². The summed E-state index contributed by atoms with van der Waals surface area (Å²) in [5.41, 5.74) is 0. The number of hydrogen-bond donors (Lipinski definition) is 0. The van der Waals surface area contributed by atoms with Crippen LogP contribution in [0.1, 0.15) is 64.2 Å². The van der Waals surface area contributed by atoms with Crippen LogP contribution >= 0.6 is 0 Å². The van der Waals surface area contributed by atoms with Gasteiger partial charge in [0.05, 0.1) is 0 Å². The van der Waals surface area contributed by atoms with Crippen LogP contribution in [-0.2, 0) is 0 Å². The summed E-state index contributed by atoms with van der Waals surface area (Å²) in [4.78, 5) is 0. The van der Waals surface area contributed by atoms with Crippen molar-refractivity contribution in [3.05, 3.63) is 0 Å². The van der Waals surface area contributed by atoms with Gasteiger partial charge in [0.15, 0.2) is 0 Å². The molecular weight excluding hydrogens is 168 g/mol. The van der Waals surface area contributed by atoms with Crippen LogP contribution < -0.4 is 0 Å². The molecule has 14 heavy (non-hydrogen) atoms. The maximum atomic E-state index is 1.59. The van der Waals surface area contributed by atoms with Gasteiger partial charge in [0.1, 0.15) is 0 Å². The molecule has 80 valence electrons. The van der Waals surface area contributed by atoms with Crippen molar-refractivity contribution >= 4 is 0 Å². The summed E-state index contributed by atoms with van der Waals surface area (Å²) in [6.07, 6.45) is 15.7. The Kier molecular flexibility index (Phi) is 2.55. The lowest BCUT2D eigenvalue weighted by Crippen LogP contribution is -2.26. The lowest BCUT2D eigenvalue weighted by Gasteiger charge is -2.35. The Hall–Kier alpha value is 0. The average Bonchev–Trinajstić information content (AvgIpc) is 2.61. The van der Waals surface area contributed by atoms with Gasteiger partial charge >= 0.3 is 0 Å². The highest BCUT2D eigenvalue weighted by Crippen LogP contribution is 2.50. The summed E-state index contributed by atoms with van der Waals surface area (Å²) in [6.45, 7) is 0. The molecular formula is C14H24. The molecule has 3 aliphatic rings. The molecule has 0 N–H and O–H groups in total. The standard InChI is InChI=1S/C14H24/c1-2-9-13-11(5-1)6-3-7-12-8-4-10-14(12)13/h11-14H,1-10H2. The highest BCUT2D eigenvalue weighted by atomic mass is 14.4. The summed E-state index contributed by atoms with van der Waals surface area (Å²) >= 11 is 0. The third-order valence-electron chi connectivity index (χ3n) is 5.39. The van der Waals surface area contributed by atoms with Gasteiger partial charge in [-0.3, -0.25) is 0 Å². The van der Waals surface area contributed by atoms with Crippen molar-refractivity contribution in [2.45, 2.75) is 64.2 Å². The number of hydrogen-bond acceptors (Lipinski definition) is 0. The van der Waals surface area contributed by atoms with E-state index < -0.39 is 0 Å². The van der Waals surface area contributed by atoms with Crippen molar-refractivity contribution in [2.75, 3.05) is 0 Å². The van der Waals surface area contributed by atoms with E-state index in [2.05, 4.69) is 0 Å². The van der Waals surface area contributed by atoms with Crippen molar-refractivity contribution < 1.29 is 0 Å². The van der Waals surface area contributed by atoms with E-state index in [9.17, 15) is 0 Å². The number of rotatable bonds is 0. The molecule has 3 rings (SSSR count). The second kappa shape index (κ2) is 3.87. The molecule has 0 nitrogen and oxygen atoms in total. The van der Waals surface area contributed by atoms with Gasteiger partial charge in [-0.25, -0.2) is 0 Å². The Balaban J connectivity index is 1.79. The largest absolute Gasteiger partial charge is 0.0530 e. The van der Waals surface area contributed by atoms with Crippen LogP contribution in [0.25, 0.3) is 0 Å². The van der Waals surface area contributed by atoms with Gasteiger partial charge in [0.2, 0.25) is 0 Å². The molecule has 0 bridgehead atoms. The summed E-state index contributed by atoms with van der Waals surface area (Å²) in [7, 11) is 0. The second-order valence-electron chi connectivity index (χ2n) is 5.99. The van der Waals surface area contributed by atoms with Crippen LogP contribution in [0.5, 0.6) is 0 Å². The fraction of sp³-hybridized carbons (Fsp3) is 1.00. The van der Waals surface area contributed by atoms with E-state index in [-0.39, 0.29) is 0 Å². The molecule has 0 aromatic rings. The lowest BCUT2D eigenvalue weighted by molar-refractivity contribution is 0.146. The molecule has 3 aliphatic carbocycles. The maximum absolute atomic E-state index is 1.59. The van der Waals surface area contributed by atoms with E-state index in [1.54, 1.807) is 64.2 Å². The molecule has 0 amide bonds. The zero-order valence-electron chi connectivity index (χ0n) is 9.38. The minimum absolute atomic E-state index is 1.15. The zero-order chi connectivity index (χ0) is 9.38. The van der Waals surface area contributed by atoms with Gasteiger partial charge in [-0.05, 0) is 36.5 Å². The van der Waals surface area contributed by atoms with Crippen LogP contribution in [-0.4, -0.2) is 0 Å². The molecule has 4 atom stereocenters. The Morgan fingerprint density at radius 2 is 0.857 bits per heavy atom. The van der Waals surface area contributed by atoms with Crippen molar-refractivity contribution in [3.63, 3.8) is 0 Å². The monoisotopic (exact) mass is 192 g/mol. The predicted molar refractivity (Wildman–Crippen MR) is 60.1 cm³/mol.